The predicted molar refractivity (Wildman–Crippen MR) is 141 cm³/mol. The van der Waals surface area contributed by atoms with Crippen molar-refractivity contribution >= 4 is 11.9 Å². The zero-order chi connectivity index (χ0) is 26.0. The Kier molecular flexibility index (Phi) is 13.8. The zero-order valence-electron chi connectivity index (χ0n) is 24.1. The summed E-state index contributed by atoms with van der Waals surface area (Å²) < 4.78 is 11.4. The molecule has 0 aromatic carbocycles. The van der Waals surface area contributed by atoms with E-state index < -0.39 is 0 Å². The van der Waals surface area contributed by atoms with Crippen LogP contribution >= 0.6 is 0 Å². The van der Waals surface area contributed by atoms with Crippen LogP contribution in [-0.2, 0) is 19.1 Å². The Morgan fingerprint density at radius 1 is 0.618 bits per heavy atom. The van der Waals surface area contributed by atoms with Gasteiger partial charge in [-0.25, -0.2) is 0 Å². The summed E-state index contributed by atoms with van der Waals surface area (Å²) in [6, 6.07) is 0. The Bertz CT molecular complexity index is 543. The van der Waals surface area contributed by atoms with E-state index in [4.69, 9.17) is 9.47 Å². The second-order valence-corrected chi connectivity index (χ2v) is 12.9. The van der Waals surface area contributed by atoms with Crippen LogP contribution in [0, 0.1) is 47.3 Å². The molecule has 0 aromatic heterocycles. The van der Waals surface area contributed by atoms with Gasteiger partial charge in [-0.2, -0.15) is 0 Å². The highest BCUT2D eigenvalue weighted by molar-refractivity contribution is 5.70. The first-order valence-electron chi connectivity index (χ1n) is 14.2. The maximum Gasteiger partial charge on any atom is 0.306 e. The molecule has 0 spiro atoms. The lowest BCUT2D eigenvalue weighted by Gasteiger charge is -2.36. The lowest BCUT2D eigenvalue weighted by molar-refractivity contribution is -0.157. The lowest BCUT2D eigenvalue weighted by Crippen LogP contribution is -2.36. The fourth-order valence-electron chi connectivity index (χ4n) is 5.60. The van der Waals surface area contributed by atoms with Crippen LogP contribution in [0.3, 0.4) is 0 Å². The van der Waals surface area contributed by atoms with Crippen molar-refractivity contribution in [3.05, 3.63) is 0 Å². The molecule has 4 heteroatoms. The average molecular weight is 481 g/mol. The Balaban J connectivity index is 0.000000340. The Labute approximate surface area is 211 Å². The highest BCUT2D eigenvalue weighted by Gasteiger charge is 2.34. The number of ether oxygens (including phenoxy) is 2. The normalized spacial score (nSPS) is 29.7. The summed E-state index contributed by atoms with van der Waals surface area (Å²) in [6.45, 7) is 21.7. The SMILES string of the molecule is CC(C)CC(=O)OC1CC(C)CCC1C(C)C.CC(C)CC(=O)OC1CC(C)CCC1C(C)C. The molecule has 6 unspecified atom stereocenters. The van der Waals surface area contributed by atoms with E-state index in [1.807, 2.05) is 0 Å². The largest absolute Gasteiger partial charge is 0.462 e. The van der Waals surface area contributed by atoms with Crippen molar-refractivity contribution in [2.24, 2.45) is 47.3 Å². The van der Waals surface area contributed by atoms with Crippen molar-refractivity contribution < 1.29 is 19.1 Å². The Morgan fingerprint density at radius 3 is 1.21 bits per heavy atom. The summed E-state index contributed by atoms with van der Waals surface area (Å²) in [7, 11) is 0. The fraction of sp³-hybridized carbons (Fsp3) is 0.933. The smallest absolute Gasteiger partial charge is 0.306 e. The molecule has 200 valence electrons. The molecule has 0 aromatic rings. The van der Waals surface area contributed by atoms with Crippen LogP contribution in [0.2, 0.25) is 0 Å². The van der Waals surface area contributed by atoms with Crippen molar-refractivity contribution in [1.29, 1.82) is 0 Å². The molecule has 2 saturated carbocycles. The van der Waals surface area contributed by atoms with E-state index in [0.29, 0.717) is 60.2 Å². The van der Waals surface area contributed by atoms with E-state index >= 15 is 0 Å². The van der Waals surface area contributed by atoms with Crippen LogP contribution < -0.4 is 0 Å². The van der Waals surface area contributed by atoms with E-state index in [1.165, 1.54) is 25.7 Å². The van der Waals surface area contributed by atoms with E-state index in [0.717, 1.165) is 12.8 Å². The summed E-state index contributed by atoms with van der Waals surface area (Å²) in [5.41, 5.74) is 0. The van der Waals surface area contributed by atoms with Crippen molar-refractivity contribution in [3.8, 4) is 0 Å². The summed E-state index contributed by atoms with van der Waals surface area (Å²) in [6.07, 6.45) is 8.49. The van der Waals surface area contributed by atoms with E-state index in [-0.39, 0.29) is 24.1 Å². The second-order valence-electron chi connectivity index (χ2n) is 12.9. The van der Waals surface area contributed by atoms with Crippen molar-refractivity contribution in [2.75, 3.05) is 0 Å². The number of esters is 2. The van der Waals surface area contributed by atoms with E-state index in [1.54, 1.807) is 0 Å². The van der Waals surface area contributed by atoms with Crippen LogP contribution in [0.4, 0.5) is 0 Å². The minimum atomic E-state index is -0.00949. The second kappa shape index (κ2) is 15.1. The molecule has 0 N–H and O–H groups in total. The van der Waals surface area contributed by atoms with Gasteiger partial charge in [0.2, 0.25) is 0 Å². The monoisotopic (exact) mass is 480 g/mol. The topological polar surface area (TPSA) is 52.6 Å². The molecular weight excluding hydrogens is 424 g/mol. The minimum Gasteiger partial charge on any atom is -0.462 e. The van der Waals surface area contributed by atoms with Gasteiger partial charge < -0.3 is 9.47 Å². The number of hydrogen-bond acceptors (Lipinski definition) is 4. The summed E-state index contributed by atoms with van der Waals surface area (Å²) >= 11 is 0. The fourth-order valence-corrected chi connectivity index (χ4v) is 5.60. The lowest BCUT2D eigenvalue weighted by atomic mass is 9.75. The van der Waals surface area contributed by atoms with Gasteiger partial charge in [0.1, 0.15) is 12.2 Å². The summed E-state index contributed by atoms with van der Waals surface area (Å²) in [5, 5.41) is 0. The third kappa shape index (κ3) is 11.6. The number of carbonyl (C=O) groups excluding carboxylic acids is 2. The maximum absolute atomic E-state index is 11.8. The molecule has 0 aliphatic heterocycles. The van der Waals surface area contributed by atoms with Gasteiger partial charge in [0, 0.05) is 12.8 Å². The van der Waals surface area contributed by atoms with Gasteiger partial charge in [-0.15, -0.1) is 0 Å². The highest BCUT2D eigenvalue weighted by Crippen LogP contribution is 2.36. The van der Waals surface area contributed by atoms with Crippen LogP contribution in [0.15, 0.2) is 0 Å². The van der Waals surface area contributed by atoms with E-state index in [9.17, 15) is 9.59 Å². The third-order valence-electron chi connectivity index (χ3n) is 7.64. The van der Waals surface area contributed by atoms with Gasteiger partial charge >= 0.3 is 11.9 Å². The standard InChI is InChI=1S/2C15H28O2/c2*1-10(2)8-15(16)17-14-9-12(5)6-7-13(14)11(3)4/h2*10-14H,6-9H2,1-5H3. The molecule has 2 aliphatic rings. The molecule has 2 aliphatic carbocycles. The minimum absolute atomic E-state index is 0.00949. The molecule has 2 fully saturated rings. The van der Waals surface area contributed by atoms with Crippen molar-refractivity contribution in [1.82, 2.24) is 0 Å². The molecule has 34 heavy (non-hydrogen) atoms. The Hall–Kier alpha value is -1.06. The predicted octanol–water partition coefficient (Wildman–Crippen LogP) is 8.07. The van der Waals surface area contributed by atoms with E-state index in [2.05, 4.69) is 69.2 Å². The Morgan fingerprint density at radius 2 is 0.941 bits per heavy atom. The van der Waals surface area contributed by atoms with Crippen molar-refractivity contribution in [2.45, 2.75) is 133 Å². The molecule has 2 rings (SSSR count). The number of carbonyl (C=O) groups is 2. The van der Waals surface area contributed by atoms with Gasteiger partial charge in [-0.05, 0) is 73.0 Å². The van der Waals surface area contributed by atoms with Crippen LogP contribution in [0.25, 0.3) is 0 Å². The van der Waals surface area contributed by atoms with Crippen LogP contribution in [-0.4, -0.2) is 24.1 Å². The van der Waals surface area contributed by atoms with Gasteiger partial charge in [0.05, 0.1) is 0 Å². The highest BCUT2D eigenvalue weighted by atomic mass is 16.5. The quantitative estimate of drug-likeness (QED) is 0.330. The van der Waals surface area contributed by atoms with Gasteiger partial charge in [-0.1, -0.05) is 82.1 Å². The van der Waals surface area contributed by atoms with Crippen LogP contribution in [0.1, 0.15) is 121 Å². The zero-order valence-corrected chi connectivity index (χ0v) is 24.1. The molecule has 0 amide bonds. The maximum atomic E-state index is 11.8. The summed E-state index contributed by atoms with van der Waals surface area (Å²) in [4.78, 5) is 23.5. The number of rotatable bonds is 8. The van der Waals surface area contributed by atoms with Crippen LogP contribution in [0.5, 0.6) is 0 Å². The third-order valence-corrected chi connectivity index (χ3v) is 7.64. The number of hydrogen-bond donors (Lipinski definition) is 0. The molecule has 0 bridgehead atoms. The van der Waals surface area contributed by atoms with Gasteiger partial charge in [0.25, 0.3) is 0 Å². The molecular formula is C30H56O4. The molecule has 4 nitrogen and oxygen atoms in total. The average Bonchev–Trinajstić information content (AvgIpc) is 2.66. The molecule has 0 radical (unpaired) electrons. The molecule has 0 saturated heterocycles. The van der Waals surface area contributed by atoms with Crippen molar-refractivity contribution in [3.63, 3.8) is 0 Å². The van der Waals surface area contributed by atoms with Gasteiger partial charge in [-0.3, -0.25) is 9.59 Å². The molecule has 0 heterocycles. The first-order valence-corrected chi connectivity index (χ1v) is 14.2. The summed E-state index contributed by atoms with van der Waals surface area (Å²) in [5.74, 6) is 4.49. The van der Waals surface area contributed by atoms with Gasteiger partial charge in [0.15, 0.2) is 0 Å². The first-order chi connectivity index (χ1) is 15.8. The molecule has 6 atom stereocenters. The first kappa shape index (κ1) is 31.0.